The summed E-state index contributed by atoms with van der Waals surface area (Å²) in [5.41, 5.74) is 0. The van der Waals surface area contributed by atoms with Crippen molar-refractivity contribution in [3.05, 3.63) is 0 Å². The Balaban J connectivity index is 4.54. The highest BCUT2D eigenvalue weighted by Gasteiger charge is 2.40. The van der Waals surface area contributed by atoms with E-state index in [1.54, 1.807) is 0 Å². The van der Waals surface area contributed by atoms with Gasteiger partial charge in [0.05, 0.1) is 0 Å². The van der Waals surface area contributed by atoms with Crippen LogP contribution in [0.15, 0.2) is 0 Å². The predicted molar refractivity (Wildman–Crippen MR) is 91.7 cm³/mol. The van der Waals surface area contributed by atoms with Crippen molar-refractivity contribution in [2.24, 2.45) is 0 Å². The molecule has 0 unspecified atom stereocenters. The van der Waals surface area contributed by atoms with Gasteiger partial charge in [0.25, 0.3) is 0 Å². The molecule has 5 heteroatoms. The minimum absolute atomic E-state index is 0.741. The lowest BCUT2D eigenvalue weighted by atomic mass is 10.4. The molecule has 0 atom stereocenters. The van der Waals surface area contributed by atoms with Crippen LogP contribution in [0.4, 0.5) is 0 Å². The van der Waals surface area contributed by atoms with Crippen molar-refractivity contribution in [2.45, 2.75) is 66.3 Å². The van der Waals surface area contributed by atoms with E-state index in [9.17, 15) is 0 Å². The van der Waals surface area contributed by atoms with Crippen molar-refractivity contribution in [1.29, 1.82) is 0 Å². The van der Waals surface area contributed by atoms with Crippen LogP contribution in [0.1, 0.15) is 60.3 Å². The second kappa shape index (κ2) is 13.7. The number of nitrogens with zero attached hydrogens (tertiary/aromatic N) is 1. The molecule has 0 amide bonds. The van der Waals surface area contributed by atoms with Crippen molar-refractivity contribution >= 4 is 8.80 Å². The third-order valence-electron chi connectivity index (χ3n) is 3.43. The van der Waals surface area contributed by atoms with Gasteiger partial charge in [0.2, 0.25) is 0 Å². The standard InChI is InChI=1S/C16H37NO3Si/c1-6-13-18-21(19-14-7-2,20-15-8-3)16-11-12-17(9-4)10-5/h6-16H2,1-5H3. The van der Waals surface area contributed by atoms with Gasteiger partial charge in [0, 0.05) is 25.9 Å². The van der Waals surface area contributed by atoms with Crippen LogP contribution in [0.25, 0.3) is 0 Å². The van der Waals surface area contributed by atoms with E-state index in [1.807, 2.05) is 0 Å². The van der Waals surface area contributed by atoms with Crippen LogP contribution in [0.3, 0.4) is 0 Å². The fraction of sp³-hybridized carbons (Fsp3) is 1.00. The average Bonchev–Trinajstić information content (AvgIpc) is 2.52. The summed E-state index contributed by atoms with van der Waals surface area (Å²) in [5.74, 6) is 0. The second-order valence-electron chi connectivity index (χ2n) is 5.36. The number of rotatable bonds is 15. The molecule has 0 saturated heterocycles. The van der Waals surface area contributed by atoms with E-state index in [2.05, 4.69) is 39.5 Å². The Kier molecular flexibility index (Phi) is 13.7. The highest BCUT2D eigenvalue weighted by atomic mass is 28.4. The monoisotopic (exact) mass is 319 g/mol. The zero-order chi connectivity index (χ0) is 16.0. The maximum absolute atomic E-state index is 6.11. The second-order valence-corrected chi connectivity index (χ2v) is 8.09. The van der Waals surface area contributed by atoms with Crippen LogP contribution >= 0.6 is 0 Å². The molecular formula is C16H37NO3Si. The van der Waals surface area contributed by atoms with Gasteiger partial charge in [-0.05, 0) is 45.3 Å². The quantitative estimate of drug-likeness (QED) is 0.428. The lowest BCUT2D eigenvalue weighted by molar-refractivity contribution is 0.0580. The summed E-state index contributed by atoms with van der Waals surface area (Å²) in [7, 11) is -2.48. The highest BCUT2D eigenvalue weighted by molar-refractivity contribution is 6.60. The van der Waals surface area contributed by atoms with E-state index >= 15 is 0 Å². The Morgan fingerprint density at radius 2 is 1.14 bits per heavy atom. The van der Waals surface area contributed by atoms with Gasteiger partial charge in [-0.25, -0.2) is 0 Å². The van der Waals surface area contributed by atoms with E-state index in [1.165, 1.54) is 0 Å². The highest BCUT2D eigenvalue weighted by Crippen LogP contribution is 2.20. The number of hydrogen-bond acceptors (Lipinski definition) is 4. The molecule has 0 spiro atoms. The third-order valence-corrected chi connectivity index (χ3v) is 6.33. The van der Waals surface area contributed by atoms with Gasteiger partial charge >= 0.3 is 8.80 Å². The fourth-order valence-electron chi connectivity index (χ4n) is 2.17. The molecule has 0 heterocycles. The Bertz CT molecular complexity index is 204. The molecule has 0 bridgehead atoms. The maximum Gasteiger partial charge on any atom is 0.501 e. The lowest BCUT2D eigenvalue weighted by Gasteiger charge is -2.30. The molecule has 0 aromatic rings. The molecule has 128 valence electrons. The Morgan fingerprint density at radius 1 is 0.714 bits per heavy atom. The van der Waals surface area contributed by atoms with Gasteiger partial charge in [-0.1, -0.05) is 34.6 Å². The summed E-state index contributed by atoms with van der Waals surface area (Å²) >= 11 is 0. The SMILES string of the molecule is CCCO[Si](CCCN(CC)CC)(OCCC)OCCC. The molecule has 21 heavy (non-hydrogen) atoms. The summed E-state index contributed by atoms with van der Waals surface area (Å²) in [6, 6.07) is 0.934. The third kappa shape index (κ3) is 9.63. The first-order chi connectivity index (χ1) is 10.2. The normalized spacial score (nSPS) is 12.3. The Morgan fingerprint density at radius 3 is 1.48 bits per heavy atom. The Labute approximate surface area is 133 Å². The molecule has 0 aromatic carbocycles. The van der Waals surface area contributed by atoms with Gasteiger partial charge in [-0.2, -0.15) is 0 Å². The zero-order valence-corrected chi connectivity index (χ0v) is 16.0. The molecular weight excluding hydrogens is 282 g/mol. The molecule has 0 aromatic heterocycles. The molecule has 0 aliphatic carbocycles. The molecule has 4 nitrogen and oxygen atoms in total. The van der Waals surface area contributed by atoms with Crippen LogP contribution in [0.5, 0.6) is 0 Å². The van der Waals surface area contributed by atoms with Crippen molar-refractivity contribution in [3.63, 3.8) is 0 Å². The van der Waals surface area contributed by atoms with Crippen molar-refractivity contribution in [2.75, 3.05) is 39.5 Å². The Hall–Kier alpha value is 0.0569. The summed E-state index contributed by atoms with van der Waals surface area (Å²) < 4.78 is 18.3. The first-order valence-corrected chi connectivity index (χ1v) is 10.7. The minimum Gasteiger partial charge on any atom is -0.373 e. The van der Waals surface area contributed by atoms with E-state index < -0.39 is 8.80 Å². The predicted octanol–water partition coefficient (Wildman–Crippen LogP) is 3.94. The van der Waals surface area contributed by atoms with Crippen LogP contribution in [0.2, 0.25) is 6.04 Å². The van der Waals surface area contributed by atoms with Gasteiger partial charge < -0.3 is 18.2 Å². The smallest absolute Gasteiger partial charge is 0.373 e. The molecule has 0 aliphatic rings. The maximum atomic E-state index is 6.11. The van der Waals surface area contributed by atoms with E-state index in [-0.39, 0.29) is 0 Å². The molecule has 0 fully saturated rings. The van der Waals surface area contributed by atoms with E-state index in [4.69, 9.17) is 13.3 Å². The first kappa shape index (κ1) is 21.1. The zero-order valence-electron chi connectivity index (χ0n) is 15.0. The molecule has 0 radical (unpaired) electrons. The van der Waals surface area contributed by atoms with Crippen LogP contribution < -0.4 is 0 Å². The summed E-state index contributed by atoms with van der Waals surface area (Å²) in [4.78, 5) is 2.44. The summed E-state index contributed by atoms with van der Waals surface area (Å²) in [6.07, 6.45) is 4.12. The van der Waals surface area contributed by atoms with E-state index in [0.717, 1.165) is 71.2 Å². The van der Waals surface area contributed by atoms with Crippen LogP contribution in [-0.4, -0.2) is 53.2 Å². The molecule has 0 N–H and O–H groups in total. The van der Waals surface area contributed by atoms with Crippen molar-refractivity contribution in [3.8, 4) is 0 Å². The van der Waals surface area contributed by atoms with Gasteiger partial charge in [0.1, 0.15) is 0 Å². The minimum atomic E-state index is -2.48. The molecule has 0 saturated carbocycles. The summed E-state index contributed by atoms with van der Waals surface area (Å²) in [5, 5.41) is 0. The van der Waals surface area contributed by atoms with Gasteiger partial charge in [-0.15, -0.1) is 0 Å². The van der Waals surface area contributed by atoms with Gasteiger partial charge in [0.15, 0.2) is 0 Å². The fourth-order valence-corrected chi connectivity index (χ4v) is 4.99. The number of hydrogen-bond donors (Lipinski definition) is 0. The average molecular weight is 320 g/mol. The summed E-state index contributed by atoms with van der Waals surface area (Å²) in [6.45, 7) is 16.4. The van der Waals surface area contributed by atoms with Crippen molar-refractivity contribution < 1.29 is 13.3 Å². The van der Waals surface area contributed by atoms with Crippen LogP contribution in [-0.2, 0) is 13.3 Å². The van der Waals surface area contributed by atoms with Crippen molar-refractivity contribution in [1.82, 2.24) is 4.90 Å². The largest absolute Gasteiger partial charge is 0.501 e. The molecule has 0 aliphatic heterocycles. The van der Waals surface area contributed by atoms with Crippen LogP contribution in [0, 0.1) is 0 Å². The first-order valence-electron chi connectivity index (χ1n) is 8.82. The van der Waals surface area contributed by atoms with E-state index in [0.29, 0.717) is 0 Å². The van der Waals surface area contributed by atoms with Gasteiger partial charge in [-0.3, -0.25) is 0 Å². The molecule has 0 rings (SSSR count). The topological polar surface area (TPSA) is 30.9 Å². The lowest BCUT2D eigenvalue weighted by Crippen LogP contribution is -2.47.